The molecule has 0 aliphatic carbocycles. The lowest BCUT2D eigenvalue weighted by atomic mass is 10.0. The quantitative estimate of drug-likeness (QED) is 0.733. The summed E-state index contributed by atoms with van der Waals surface area (Å²) in [6, 6.07) is 8.94. The van der Waals surface area contributed by atoms with E-state index in [9.17, 15) is 0 Å². The smallest absolute Gasteiger partial charge is 0.131 e. The molecule has 1 aromatic carbocycles. The van der Waals surface area contributed by atoms with Gasteiger partial charge in [-0.3, -0.25) is 4.68 Å². The van der Waals surface area contributed by atoms with Gasteiger partial charge in [0.1, 0.15) is 11.6 Å². The normalized spacial score (nSPS) is 18.1. The molecule has 0 atom stereocenters. The van der Waals surface area contributed by atoms with E-state index >= 15 is 0 Å². The molecule has 2 aromatic rings. The number of methoxy groups -OCH3 is 1. The van der Waals surface area contributed by atoms with Crippen molar-refractivity contribution in [3.8, 4) is 5.75 Å². The summed E-state index contributed by atoms with van der Waals surface area (Å²) in [5.41, 5.74) is 3.85. The van der Waals surface area contributed by atoms with E-state index in [-0.39, 0.29) is 0 Å². The molecule has 4 rings (SSSR count). The molecule has 2 aliphatic rings. The molecule has 2 aliphatic heterocycles. The van der Waals surface area contributed by atoms with Gasteiger partial charge in [-0.25, -0.2) is 0 Å². The Bertz CT molecular complexity index is 834. The fourth-order valence-corrected chi connectivity index (χ4v) is 4.76. The molecular weight excluding hydrogens is 390 g/mol. The van der Waals surface area contributed by atoms with Crippen LogP contribution in [0, 0.1) is 0 Å². The third-order valence-electron chi connectivity index (χ3n) is 6.50. The average molecular weight is 428 g/mol. The van der Waals surface area contributed by atoms with Gasteiger partial charge in [-0.2, -0.15) is 5.10 Å². The molecule has 0 spiro atoms. The summed E-state index contributed by atoms with van der Waals surface area (Å²) < 4.78 is 12.9. The number of nitrogens with zero attached hydrogens (tertiary/aromatic N) is 4. The van der Waals surface area contributed by atoms with Gasteiger partial charge in [0.05, 0.1) is 26.0 Å². The summed E-state index contributed by atoms with van der Waals surface area (Å²) in [7, 11) is 3.79. The second kappa shape index (κ2) is 9.92. The molecule has 31 heavy (non-hydrogen) atoms. The van der Waals surface area contributed by atoms with Crippen molar-refractivity contribution in [3.05, 3.63) is 35.5 Å². The number of morpholine rings is 1. The van der Waals surface area contributed by atoms with Gasteiger partial charge in [0.2, 0.25) is 0 Å². The number of benzene rings is 1. The Hall–Kier alpha value is -2.25. The van der Waals surface area contributed by atoms with E-state index in [1.54, 1.807) is 7.11 Å². The summed E-state index contributed by atoms with van der Waals surface area (Å²) in [6.07, 6.45) is 2.30. The molecule has 2 saturated heterocycles. The number of ether oxygens (including phenoxy) is 2. The molecule has 0 saturated carbocycles. The summed E-state index contributed by atoms with van der Waals surface area (Å²) in [4.78, 5) is 4.91. The first-order valence-corrected chi connectivity index (χ1v) is 11.6. The fourth-order valence-electron chi connectivity index (χ4n) is 4.76. The maximum atomic E-state index is 5.57. The molecule has 0 unspecified atom stereocenters. The van der Waals surface area contributed by atoms with Crippen LogP contribution in [0.4, 0.5) is 11.5 Å². The van der Waals surface area contributed by atoms with Crippen LogP contribution < -0.4 is 19.9 Å². The second-order valence-corrected chi connectivity index (χ2v) is 8.91. The van der Waals surface area contributed by atoms with Crippen molar-refractivity contribution in [3.63, 3.8) is 0 Å². The molecule has 170 valence electrons. The van der Waals surface area contributed by atoms with Crippen molar-refractivity contribution in [2.75, 3.05) is 56.3 Å². The third-order valence-corrected chi connectivity index (χ3v) is 6.50. The van der Waals surface area contributed by atoms with Gasteiger partial charge in [-0.05, 0) is 43.0 Å². The minimum Gasteiger partial charge on any atom is -0.497 e. The van der Waals surface area contributed by atoms with Gasteiger partial charge in [-0.15, -0.1) is 0 Å². The topological polar surface area (TPSA) is 54.8 Å². The van der Waals surface area contributed by atoms with Crippen LogP contribution in [0.1, 0.15) is 43.9 Å². The van der Waals surface area contributed by atoms with Crippen LogP contribution in [0.2, 0.25) is 0 Å². The lowest BCUT2D eigenvalue weighted by Crippen LogP contribution is -2.43. The first kappa shape index (κ1) is 22.0. The lowest BCUT2D eigenvalue weighted by Gasteiger charge is -2.34. The van der Waals surface area contributed by atoms with Crippen LogP contribution in [-0.4, -0.2) is 62.3 Å². The van der Waals surface area contributed by atoms with Gasteiger partial charge < -0.3 is 24.6 Å². The summed E-state index contributed by atoms with van der Waals surface area (Å²) in [5, 5.41) is 8.75. The molecule has 0 bridgehead atoms. The van der Waals surface area contributed by atoms with Gasteiger partial charge >= 0.3 is 0 Å². The van der Waals surface area contributed by atoms with E-state index in [1.807, 2.05) is 12.1 Å². The Labute approximate surface area is 186 Å². The van der Waals surface area contributed by atoms with Gasteiger partial charge in [0.25, 0.3) is 0 Å². The molecule has 3 heterocycles. The van der Waals surface area contributed by atoms with Crippen LogP contribution in [0.15, 0.2) is 24.3 Å². The Morgan fingerprint density at radius 3 is 2.35 bits per heavy atom. The van der Waals surface area contributed by atoms with Crippen molar-refractivity contribution in [2.24, 2.45) is 7.05 Å². The predicted molar refractivity (Wildman–Crippen MR) is 125 cm³/mol. The highest BCUT2D eigenvalue weighted by Gasteiger charge is 2.26. The standard InChI is InChI=1S/C24H37N5O2/c1-18(2)23-22(24(27(3)26-23)29-13-15-31-16-14-29)17-25-19-9-11-28(12-10-19)20-5-7-21(30-4)8-6-20/h5-8,18-19,25H,9-17H2,1-4H3. The van der Waals surface area contributed by atoms with Gasteiger partial charge in [0, 0.05) is 57.1 Å². The van der Waals surface area contributed by atoms with Crippen LogP contribution in [0.25, 0.3) is 0 Å². The molecule has 7 nitrogen and oxygen atoms in total. The molecular formula is C24H37N5O2. The molecule has 2 fully saturated rings. The van der Waals surface area contributed by atoms with Crippen LogP contribution in [-0.2, 0) is 18.3 Å². The van der Waals surface area contributed by atoms with Crippen molar-refractivity contribution in [2.45, 2.75) is 45.2 Å². The van der Waals surface area contributed by atoms with E-state index in [2.05, 4.69) is 52.8 Å². The SMILES string of the molecule is COc1ccc(N2CCC(NCc3c(C(C)C)nn(C)c3N3CCOCC3)CC2)cc1. The van der Waals surface area contributed by atoms with E-state index in [1.165, 1.54) is 22.8 Å². The molecule has 1 N–H and O–H groups in total. The number of hydrogen-bond acceptors (Lipinski definition) is 6. The highest BCUT2D eigenvalue weighted by Crippen LogP contribution is 2.30. The Kier molecular flexibility index (Phi) is 7.02. The van der Waals surface area contributed by atoms with Crippen LogP contribution in [0.3, 0.4) is 0 Å². The number of anilines is 2. The highest BCUT2D eigenvalue weighted by molar-refractivity contribution is 5.52. The van der Waals surface area contributed by atoms with E-state index < -0.39 is 0 Å². The Balaban J connectivity index is 1.39. The number of hydrogen-bond donors (Lipinski definition) is 1. The number of rotatable bonds is 7. The molecule has 0 radical (unpaired) electrons. The van der Waals surface area contributed by atoms with Crippen molar-refractivity contribution < 1.29 is 9.47 Å². The van der Waals surface area contributed by atoms with Gasteiger partial charge in [0.15, 0.2) is 0 Å². The van der Waals surface area contributed by atoms with Crippen molar-refractivity contribution in [1.82, 2.24) is 15.1 Å². The van der Waals surface area contributed by atoms with Crippen molar-refractivity contribution >= 4 is 11.5 Å². The predicted octanol–water partition coefficient (Wildman–Crippen LogP) is 3.15. The molecule has 1 aromatic heterocycles. The highest BCUT2D eigenvalue weighted by atomic mass is 16.5. The van der Waals surface area contributed by atoms with Crippen LogP contribution >= 0.6 is 0 Å². The third kappa shape index (κ3) is 4.99. The Morgan fingerprint density at radius 1 is 1.06 bits per heavy atom. The van der Waals surface area contributed by atoms with E-state index in [0.717, 1.165) is 64.5 Å². The minimum atomic E-state index is 0.412. The lowest BCUT2D eigenvalue weighted by molar-refractivity contribution is 0.122. The first-order chi connectivity index (χ1) is 15.1. The zero-order chi connectivity index (χ0) is 21.8. The maximum absolute atomic E-state index is 5.57. The van der Waals surface area contributed by atoms with E-state index in [4.69, 9.17) is 14.6 Å². The monoisotopic (exact) mass is 427 g/mol. The largest absolute Gasteiger partial charge is 0.497 e. The molecule has 0 amide bonds. The zero-order valence-corrected chi connectivity index (χ0v) is 19.4. The summed E-state index contributed by atoms with van der Waals surface area (Å²) in [5.74, 6) is 2.58. The van der Waals surface area contributed by atoms with Crippen LogP contribution in [0.5, 0.6) is 5.75 Å². The minimum absolute atomic E-state index is 0.412. The fraction of sp³-hybridized carbons (Fsp3) is 0.625. The Morgan fingerprint density at radius 2 is 1.74 bits per heavy atom. The summed E-state index contributed by atoms with van der Waals surface area (Å²) in [6.45, 7) is 11.0. The number of piperidine rings is 1. The van der Waals surface area contributed by atoms with Crippen molar-refractivity contribution in [1.29, 1.82) is 0 Å². The van der Waals surface area contributed by atoms with Gasteiger partial charge in [-0.1, -0.05) is 13.8 Å². The number of nitrogens with one attached hydrogen (secondary N) is 1. The molecule has 7 heteroatoms. The average Bonchev–Trinajstić information content (AvgIpc) is 3.15. The first-order valence-electron chi connectivity index (χ1n) is 11.6. The van der Waals surface area contributed by atoms with E-state index in [0.29, 0.717) is 12.0 Å². The number of aromatic nitrogens is 2. The number of aryl methyl sites for hydroxylation is 1. The maximum Gasteiger partial charge on any atom is 0.131 e. The second-order valence-electron chi connectivity index (χ2n) is 8.91. The summed E-state index contributed by atoms with van der Waals surface area (Å²) >= 11 is 0. The zero-order valence-electron chi connectivity index (χ0n) is 19.4.